The Labute approximate surface area is 145 Å². The van der Waals surface area contributed by atoms with E-state index in [9.17, 15) is 0 Å². The fourth-order valence-electron chi connectivity index (χ4n) is 3.88. The molecule has 128 valence electrons. The molecule has 0 aliphatic carbocycles. The smallest absolute Gasteiger partial charge is 0.0497 e. The fraction of sp³-hybridized carbons (Fsp3) is 0.455. The highest BCUT2D eigenvalue weighted by Crippen LogP contribution is 2.32. The van der Waals surface area contributed by atoms with Crippen molar-refractivity contribution < 1.29 is 0 Å². The van der Waals surface area contributed by atoms with Crippen molar-refractivity contribution in [3.05, 3.63) is 47.0 Å². The molecule has 2 nitrogen and oxygen atoms in total. The van der Waals surface area contributed by atoms with Crippen LogP contribution in [0.3, 0.4) is 0 Å². The second-order valence-corrected chi connectivity index (χ2v) is 7.01. The van der Waals surface area contributed by atoms with Crippen molar-refractivity contribution in [1.29, 1.82) is 0 Å². The van der Waals surface area contributed by atoms with E-state index in [1.54, 1.807) is 0 Å². The van der Waals surface area contributed by atoms with Gasteiger partial charge >= 0.3 is 0 Å². The minimum Gasteiger partial charge on any atom is -0.354 e. The number of H-pyrrole nitrogens is 1. The maximum Gasteiger partial charge on any atom is 0.0497 e. The van der Waals surface area contributed by atoms with Crippen LogP contribution in [0.25, 0.3) is 21.8 Å². The van der Waals surface area contributed by atoms with Crippen LogP contribution in [0.4, 0.5) is 0 Å². The van der Waals surface area contributed by atoms with E-state index >= 15 is 0 Å². The van der Waals surface area contributed by atoms with Crippen molar-refractivity contribution in [3.8, 4) is 0 Å². The van der Waals surface area contributed by atoms with Crippen LogP contribution >= 0.6 is 0 Å². The minimum atomic E-state index is 1.12. The molecule has 0 bridgehead atoms. The molecule has 0 radical (unpaired) electrons. The highest BCUT2D eigenvalue weighted by atomic mass is 15.1. The summed E-state index contributed by atoms with van der Waals surface area (Å²) in [5.74, 6) is 0. The normalized spacial score (nSPS) is 11.9. The van der Waals surface area contributed by atoms with Gasteiger partial charge < -0.3 is 9.88 Å². The summed E-state index contributed by atoms with van der Waals surface area (Å²) in [6.45, 7) is 12.5. The van der Waals surface area contributed by atoms with Crippen LogP contribution in [0.15, 0.2) is 30.3 Å². The summed E-state index contributed by atoms with van der Waals surface area (Å²) in [6.07, 6.45) is 3.59. The number of aryl methyl sites for hydroxylation is 2. The number of aromatic nitrogens is 1. The molecule has 0 saturated carbocycles. The van der Waals surface area contributed by atoms with Crippen LogP contribution in [-0.2, 0) is 6.42 Å². The number of aromatic amines is 1. The summed E-state index contributed by atoms with van der Waals surface area (Å²) in [4.78, 5) is 6.25. The lowest BCUT2D eigenvalue weighted by atomic mass is 9.99. The van der Waals surface area contributed by atoms with Gasteiger partial charge in [-0.15, -0.1) is 0 Å². The Morgan fingerprint density at radius 1 is 0.833 bits per heavy atom. The Balaban J connectivity index is 2.01. The maximum absolute atomic E-state index is 3.65. The van der Waals surface area contributed by atoms with Crippen LogP contribution in [0.5, 0.6) is 0 Å². The molecule has 0 amide bonds. The van der Waals surface area contributed by atoms with Gasteiger partial charge in [0.15, 0.2) is 0 Å². The van der Waals surface area contributed by atoms with Crippen LogP contribution < -0.4 is 0 Å². The SMILES string of the molecule is CCCN(CCC)CCc1cccc2[nH]c3c(C)ccc(C)c3c12. The number of rotatable bonds is 7. The van der Waals surface area contributed by atoms with Crippen LogP contribution in [-0.4, -0.2) is 29.5 Å². The van der Waals surface area contributed by atoms with Crippen molar-refractivity contribution in [3.63, 3.8) is 0 Å². The molecular formula is C22H30N2. The second-order valence-electron chi connectivity index (χ2n) is 7.01. The molecule has 0 aliphatic heterocycles. The Kier molecular flexibility index (Phi) is 5.25. The predicted octanol–water partition coefficient (Wildman–Crippen LogP) is 5.60. The third-order valence-electron chi connectivity index (χ3n) is 5.06. The highest BCUT2D eigenvalue weighted by Gasteiger charge is 2.13. The van der Waals surface area contributed by atoms with Gasteiger partial charge in [-0.1, -0.05) is 38.1 Å². The van der Waals surface area contributed by atoms with E-state index in [1.165, 1.54) is 64.4 Å². The molecular weight excluding hydrogens is 292 g/mol. The third kappa shape index (κ3) is 3.21. The largest absolute Gasteiger partial charge is 0.354 e. The zero-order chi connectivity index (χ0) is 17.1. The molecule has 0 spiro atoms. The number of hydrogen-bond acceptors (Lipinski definition) is 1. The zero-order valence-electron chi connectivity index (χ0n) is 15.6. The first-order valence-electron chi connectivity index (χ1n) is 9.37. The number of nitrogens with zero attached hydrogens (tertiary/aromatic N) is 1. The molecule has 1 aromatic heterocycles. The summed E-state index contributed by atoms with van der Waals surface area (Å²) >= 11 is 0. The first kappa shape index (κ1) is 17.0. The van der Waals surface area contributed by atoms with Gasteiger partial charge in [0.05, 0.1) is 0 Å². The minimum absolute atomic E-state index is 1.12. The van der Waals surface area contributed by atoms with E-state index in [4.69, 9.17) is 0 Å². The van der Waals surface area contributed by atoms with Crippen molar-refractivity contribution in [1.82, 2.24) is 9.88 Å². The van der Waals surface area contributed by atoms with Crippen LogP contribution in [0.2, 0.25) is 0 Å². The number of nitrogens with one attached hydrogen (secondary N) is 1. The van der Waals surface area contributed by atoms with Crippen LogP contribution in [0.1, 0.15) is 43.4 Å². The average molecular weight is 322 g/mol. The predicted molar refractivity (Wildman–Crippen MR) is 106 cm³/mol. The lowest BCUT2D eigenvalue weighted by molar-refractivity contribution is 0.278. The first-order chi connectivity index (χ1) is 11.7. The standard InChI is InChI=1S/C22H30N2/c1-5-13-24(14-6-2)15-12-18-8-7-9-19-21(18)20-16(3)10-11-17(4)22(20)23-19/h7-11,23H,5-6,12-15H2,1-4H3. The molecule has 0 atom stereocenters. The molecule has 1 N–H and O–H groups in total. The highest BCUT2D eigenvalue weighted by molar-refractivity contribution is 6.11. The molecule has 1 heterocycles. The molecule has 0 aliphatic rings. The summed E-state index contributed by atoms with van der Waals surface area (Å²) in [5, 5.41) is 2.85. The van der Waals surface area contributed by atoms with Gasteiger partial charge in [-0.3, -0.25) is 0 Å². The Bertz CT molecular complexity index is 823. The van der Waals surface area contributed by atoms with Crippen molar-refractivity contribution in [2.75, 3.05) is 19.6 Å². The molecule has 0 fully saturated rings. The van der Waals surface area contributed by atoms with Crippen molar-refractivity contribution in [2.24, 2.45) is 0 Å². The Morgan fingerprint density at radius 2 is 1.54 bits per heavy atom. The van der Waals surface area contributed by atoms with Gasteiger partial charge in [0.25, 0.3) is 0 Å². The summed E-state index contributed by atoms with van der Waals surface area (Å²) in [7, 11) is 0. The molecule has 0 saturated heterocycles. The van der Waals surface area contributed by atoms with Crippen molar-refractivity contribution >= 4 is 21.8 Å². The quantitative estimate of drug-likeness (QED) is 0.599. The van der Waals surface area contributed by atoms with Crippen LogP contribution in [0, 0.1) is 13.8 Å². The maximum atomic E-state index is 3.65. The topological polar surface area (TPSA) is 19.0 Å². The monoisotopic (exact) mass is 322 g/mol. The molecule has 0 unspecified atom stereocenters. The Hall–Kier alpha value is -1.80. The molecule has 3 rings (SSSR count). The fourth-order valence-corrected chi connectivity index (χ4v) is 3.88. The Morgan fingerprint density at radius 3 is 2.25 bits per heavy atom. The van der Waals surface area contributed by atoms with Gasteiger partial charge in [0, 0.05) is 28.4 Å². The molecule has 2 heteroatoms. The number of hydrogen-bond donors (Lipinski definition) is 1. The summed E-state index contributed by atoms with van der Waals surface area (Å²) in [5.41, 5.74) is 6.75. The second kappa shape index (κ2) is 7.40. The van der Waals surface area contributed by atoms with E-state index in [2.05, 4.69) is 67.9 Å². The van der Waals surface area contributed by atoms with Gasteiger partial charge in [0.1, 0.15) is 0 Å². The summed E-state index contributed by atoms with van der Waals surface area (Å²) < 4.78 is 0. The van der Waals surface area contributed by atoms with Gasteiger partial charge in [-0.25, -0.2) is 0 Å². The van der Waals surface area contributed by atoms with Gasteiger partial charge in [0.2, 0.25) is 0 Å². The first-order valence-corrected chi connectivity index (χ1v) is 9.37. The molecule has 3 aromatic rings. The lowest BCUT2D eigenvalue weighted by Gasteiger charge is -2.21. The number of benzene rings is 2. The van der Waals surface area contributed by atoms with Gasteiger partial charge in [-0.2, -0.15) is 0 Å². The third-order valence-corrected chi connectivity index (χ3v) is 5.06. The lowest BCUT2D eigenvalue weighted by Crippen LogP contribution is -2.27. The van der Waals surface area contributed by atoms with Crippen molar-refractivity contribution in [2.45, 2.75) is 47.0 Å². The van der Waals surface area contributed by atoms with E-state index in [0.717, 1.165) is 13.0 Å². The number of fused-ring (bicyclic) bond motifs is 3. The molecule has 2 aromatic carbocycles. The molecule has 24 heavy (non-hydrogen) atoms. The van der Waals surface area contributed by atoms with E-state index in [-0.39, 0.29) is 0 Å². The van der Waals surface area contributed by atoms with E-state index in [1.807, 2.05) is 0 Å². The van der Waals surface area contributed by atoms with E-state index in [0.29, 0.717) is 0 Å². The van der Waals surface area contributed by atoms with E-state index < -0.39 is 0 Å². The van der Waals surface area contributed by atoms with Gasteiger partial charge in [-0.05, 0) is 69.0 Å². The average Bonchev–Trinajstić information content (AvgIpc) is 2.98. The zero-order valence-corrected chi connectivity index (χ0v) is 15.6. The summed E-state index contributed by atoms with van der Waals surface area (Å²) in [6, 6.07) is 11.2.